The SMILES string of the molecule is Nc1nc(C(F)(F)F)ccc1C(=O)[O-]. The van der Waals surface area contributed by atoms with E-state index in [0.717, 1.165) is 0 Å². The molecule has 1 aromatic heterocycles. The van der Waals surface area contributed by atoms with Crippen LogP contribution in [-0.2, 0) is 6.18 Å². The first-order valence-electron chi connectivity index (χ1n) is 3.37. The molecular formula is C7H4F3N2O2-. The molecule has 0 amide bonds. The lowest BCUT2D eigenvalue weighted by Gasteiger charge is -2.09. The molecule has 0 aliphatic carbocycles. The topological polar surface area (TPSA) is 79.0 Å². The molecule has 14 heavy (non-hydrogen) atoms. The molecule has 1 rings (SSSR count). The summed E-state index contributed by atoms with van der Waals surface area (Å²) in [6.45, 7) is 0. The molecule has 0 fully saturated rings. The van der Waals surface area contributed by atoms with Gasteiger partial charge in [0.1, 0.15) is 11.5 Å². The van der Waals surface area contributed by atoms with Gasteiger partial charge in [-0.05, 0) is 12.1 Å². The third-order valence-corrected chi connectivity index (χ3v) is 1.44. The maximum absolute atomic E-state index is 12.0. The number of aromatic nitrogens is 1. The Morgan fingerprint density at radius 3 is 2.36 bits per heavy atom. The maximum atomic E-state index is 12.0. The Morgan fingerprint density at radius 2 is 2.00 bits per heavy atom. The van der Waals surface area contributed by atoms with E-state index in [-0.39, 0.29) is 0 Å². The first-order valence-corrected chi connectivity index (χ1v) is 3.37. The quantitative estimate of drug-likeness (QED) is 0.702. The fourth-order valence-electron chi connectivity index (χ4n) is 0.805. The highest BCUT2D eigenvalue weighted by Crippen LogP contribution is 2.28. The molecule has 0 saturated heterocycles. The summed E-state index contributed by atoms with van der Waals surface area (Å²) >= 11 is 0. The van der Waals surface area contributed by atoms with Crippen LogP contribution < -0.4 is 10.8 Å². The number of carboxylic acids is 1. The molecule has 0 aliphatic heterocycles. The normalized spacial score (nSPS) is 11.4. The van der Waals surface area contributed by atoms with E-state index in [2.05, 4.69) is 4.98 Å². The van der Waals surface area contributed by atoms with Crippen LogP contribution in [0.4, 0.5) is 19.0 Å². The van der Waals surface area contributed by atoms with Crippen LogP contribution in [-0.4, -0.2) is 11.0 Å². The summed E-state index contributed by atoms with van der Waals surface area (Å²) < 4.78 is 36.1. The van der Waals surface area contributed by atoms with E-state index in [9.17, 15) is 23.1 Å². The Bertz CT molecular complexity index is 376. The summed E-state index contributed by atoms with van der Waals surface area (Å²) in [4.78, 5) is 13.2. The van der Waals surface area contributed by atoms with Crippen LogP contribution >= 0.6 is 0 Å². The van der Waals surface area contributed by atoms with Crippen molar-refractivity contribution in [2.45, 2.75) is 6.18 Å². The molecule has 0 spiro atoms. The molecule has 1 aromatic rings. The predicted octanol–water partition coefficient (Wildman–Crippen LogP) is 0.0461. The number of carbonyl (C=O) groups excluding carboxylic acids is 1. The van der Waals surface area contributed by atoms with Gasteiger partial charge in [0.05, 0.1) is 5.97 Å². The summed E-state index contributed by atoms with van der Waals surface area (Å²) in [5, 5.41) is 10.3. The van der Waals surface area contributed by atoms with Crippen LogP contribution in [0.25, 0.3) is 0 Å². The number of hydrogen-bond donors (Lipinski definition) is 1. The summed E-state index contributed by atoms with van der Waals surface area (Å²) in [7, 11) is 0. The van der Waals surface area contributed by atoms with E-state index in [1.54, 1.807) is 0 Å². The average molecular weight is 205 g/mol. The molecule has 2 N–H and O–H groups in total. The van der Waals surface area contributed by atoms with Crippen LogP contribution in [0, 0.1) is 0 Å². The molecule has 0 bridgehead atoms. The Balaban J connectivity index is 3.20. The Labute approximate surface area is 76.2 Å². The zero-order chi connectivity index (χ0) is 10.9. The average Bonchev–Trinajstić information content (AvgIpc) is 2.01. The van der Waals surface area contributed by atoms with Crippen molar-refractivity contribution in [1.29, 1.82) is 0 Å². The van der Waals surface area contributed by atoms with Crippen molar-refractivity contribution in [3.05, 3.63) is 23.4 Å². The smallest absolute Gasteiger partial charge is 0.433 e. The molecule has 0 atom stereocenters. The largest absolute Gasteiger partial charge is 0.545 e. The van der Waals surface area contributed by atoms with Crippen LogP contribution in [0.3, 0.4) is 0 Å². The van der Waals surface area contributed by atoms with Gasteiger partial charge in [0.25, 0.3) is 0 Å². The molecule has 0 unspecified atom stereocenters. The minimum Gasteiger partial charge on any atom is -0.545 e. The van der Waals surface area contributed by atoms with Crippen LogP contribution in [0.2, 0.25) is 0 Å². The first-order chi connectivity index (χ1) is 6.32. The number of nitrogens with two attached hydrogens (primary N) is 1. The summed E-state index contributed by atoms with van der Waals surface area (Å²) in [5.41, 5.74) is 3.19. The second-order valence-electron chi connectivity index (χ2n) is 2.41. The lowest BCUT2D eigenvalue weighted by molar-refractivity contribution is -0.255. The number of alkyl halides is 3. The van der Waals surface area contributed by atoms with Gasteiger partial charge in [-0.3, -0.25) is 0 Å². The Morgan fingerprint density at radius 1 is 1.43 bits per heavy atom. The van der Waals surface area contributed by atoms with Gasteiger partial charge in [-0.2, -0.15) is 13.2 Å². The third kappa shape index (κ3) is 1.93. The lowest BCUT2D eigenvalue weighted by atomic mass is 10.2. The van der Waals surface area contributed by atoms with E-state index in [1.165, 1.54) is 0 Å². The van der Waals surface area contributed by atoms with Crippen molar-refractivity contribution in [2.24, 2.45) is 0 Å². The van der Waals surface area contributed by atoms with Crippen molar-refractivity contribution in [3.8, 4) is 0 Å². The van der Waals surface area contributed by atoms with E-state index < -0.39 is 29.2 Å². The molecule has 0 radical (unpaired) electrons. The number of halogens is 3. The van der Waals surface area contributed by atoms with Crippen molar-refractivity contribution >= 4 is 11.8 Å². The van der Waals surface area contributed by atoms with Gasteiger partial charge in [0.2, 0.25) is 0 Å². The van der Waals surface area contributed by atoms with E-state index in [0.29, 0.717) is 12.1 Å². The van der Waals surface area contributed by atoms with Crippen molar-refractivity contribution in [3.63, 3.8) is 0 Å². The number of carbonyl (C=O) groups is 1. The fourth-order valence-corrected chi connectivity index (χ4v) is 0.805. The maximum Gasteiger partial charge on any atom is 0.433 e. The van der Waals surface area contributed by atoms with E-state index in [1.807, 2.05) is 0 Å². The monoisotopic (exact) mass is 205 g/mol. The highest BCUT2D eigenvalue weighted by Gasteiger charge is 2.32. The Hall–Kier alpha value is -1.79. The number of pyridine rings is 1. The summed E-state index contributed by atoms with van der Waals surface area (Å²) in [5.74, 6) is -2.37. The second kappa shape index (κ2) is 3.17. The molecule has 0 aromatic carbocycles. The van der Waals surface area contributed by atoms with E-state index in [4.69, 9.17) is 5.73 Å². The molecule has 76 valence electrons. The minimum atomic E-state index is -4.64. The number of anilines is 1. The lowest BCUT2D eigenvalue weighted by Crippen LogP contribution is -2.24. The molecule has 0 aliphatic rings. The molecule has 0 saturated carbocycles. The third-order valence-electron chi connectivity index (χ3n) is 1.44. The number of hydrogen-bond acceptors (Lipinski definition) is 4. The van der Waals surface area contributed by atoms with Crippen LogP contribution in [0.15, 0.2) is 12.1 Å². The minimum absolute atomic E-state index is 0.529. The summed E-state index contributed by atoms with van der Waals surface area (Å²) in [6.07, 6.45) is -4.64. The van der Waals surface area contributed by atoms with Crippen LogP contribution in [0.1, 0.15) is 16.1 Å². The zero-order valence-electron chi connectivity index (χ0n) is 6.63. The standard InChI is InChI=1S/C7H5F3N2O2/c8-7(9,10)4-2-1-3(6(13)14)5(11)12-4/h1-2H,(H2,11,12)(H,13,14)/p-1. The van der Waals surface area contributed by atoms with Crippen molar-refractivity contribution < 1.29 is 23.1 Å². The van der Waals surface area contributed by atoms with Crippen molar-refractivity contribution in [2.75, 3.05) is 5.73 Å². The van der Waals surface area contributed by atoms with Crippen LogP contribution in [0.5, 0.6) is 0 Å². The van der Waals surface area contributed by atoms with Gasteiger partial charge >= 0.3 is 6.18 Å². The van der Waals surface area contributed by atoms with Gasteiger partial charge in [0.15, 0.2) is 0 Å². The fraction of sp³-hybridized carbons (Fsp3) is 0.143. The highest BCUT2D eigenvalue weighted by molar-refractivity contribution is 5.90. The van der Waals surface area contributed by atoms with Gasteiger partial charge in [-0.15, -0.1) is 0 Å². The predicted molar refractivity (Wildman–Crippen MR) is 38.0 cm³/mol. The zero-order valence-corrected chi connectivity index (χ0v) is 6.63. The van der Waals surface area contributed by atoms with Gasteiger partial charge in [-0.1, -0.05) is 0 Å². The van der Waals surface area contributed by atoms with Gasteiger partial charge < -0.3 is 15.6 Å². The second-order valence-corrected chi connectivity index (χ2v) is 2.41. The molecule has 7 heteroatoms. The number of rotatable bonds is 1. The number of carboxylic acid groups (broad SMARTS) is 1. The Kier molecular flexibility index (Phi) is 2.33. The molecule has 1 heterocycles. The summed E-state index contributed by atoms with van der Waals surface area (Å²) in [6, 6.07) is 1.24. The van der Waals surface area contributed by atoms with Gasteiger partial charge in [-0.25, -0.2) is 4.98 Å². The first kappa shape index (κ1) is 10.3. The van der Waals surface area contributed by atoms with Gasteiger partial charge in [0, 0.05) is 5.56 Å². The number of aromatic carboxylic acids is 1. The number of nitrogens with zero attached hydrogens (tertiary/aromatic N) is 1. The molecule has 4 nitrogen and oxygen atoms in total. The highest BCUT2D eigenvalue weighted by atomic mass is 19.4. The molecular weight excluding hydrogens is 201 g/mol. The van der Waals surface area contributed by atoms with E-state index >= 15 is 0 Å². The van der Waals surface area contributed by atoms with Crippen molar-refractivity contribution in [1.82, 2.24) is 4.98 Å². The number of nitrogen functional groups attached to an aromatic ring is 1.